The number of thiophene rings is 1. The predicted octanol–water partition coefficient (Wildman–Crippen LogP) is 2.50. The Morgan fingerprint density at radius 3 is 3.24 bits per heavy atom. The van der Waals surface area contributed by atoms with E-state index in [0.29, 0.717) is 23.0 Å². The number of hydrogen-bond acceptors (Lipinski definition) is 7. The Hall–Kier alpha value is -1.47. The first-order chi connectivity index (χ1) is 10.2. The minimum absolute atomic E-state index is 0.0447. The number of hydrogen-bond donors (Lipinski definition) is 0. The third kappa shape index (κ3) is 2.94. The maximum atomic E-state index is 12.1. The number of aromatic nitrogens is 1. The van der Waals surface area contributed by atoms with Crippen LogP contribution in [-0.4, -0.2) is 30.6 Å². The lowest BCUT2D eigenvalue weighted by atomic mass is 9.99. The molecule has 3 rings (SSSR count). The van der Waals surface area contributed by atoms with E-state index in [1.165, 1.54) is 11.3 Å². The van der Waals surface area contributed by atoms with E-state index in [1.807, 2.05) is 23.3 Å². The van der Waals surface area contributed by atoms with Gasteiger partial charge in [-0.25, -0.2) is 4.98 Å². The highest BCUT2D eigenvalue weighted by molar-refractivity contribution is 7.21. The topological polar surface area (TPSA) is 59.5 Å². The van der Waals surface area contributed by atoms with Gasteiger partial charge in [-0.2, -0.15) is 0 Å². The molecule has 2 aromatic heterocycles. The van der Waals surface area contributed by atoms with Gasteiger partial charge in [0.15, 0.2) is 5.13 Å². The number of nitrogens with zero attached hydrogens (tertiary/aromatic N) is 2. The molecule has 7 heteroatoms. The van der Waals surface area contributed by atoms with Gasteiger partial charge in [-0.15, -0.1) is 11.3 Å². The molecule has 5 nitrogen and oxygen atoms in total. The van der Waals surface area contributed by atoms with Crippen LogP contribution >= 0.6 is 22.7 Å². The maximum Gasteiger partial charge on any atom is 0.310 e. The molecule has 1 aliphatic heterocycles. The summed E-state index contributed by atoms with van der Waals surface area (Å²) in [5.74, 6) is -0.271. The first-order valence-electron chi connectivity index (χ1n) is 6.99. The molecule has 3 heterocycles. The van der Waals surface area contributed by atoms with Gasteiger partial charge in [-0.05, 0) is 31.2 Å². The summed E-state index contributed by atoms with van der Waals surface area (Å²) in [6, 6.07) is 1.87. The lowest BCUT2D eigenvalue weighted by molar-refractivity contribution is -0.148. The molecular formula is C14H16N2O3S2. The molecule has 21 heavy (non-hydrogen) atoms. The van der Waals surface area contributed by atoms with Gasteiger partial charge < -0.3 is 9.64 Å². The first kappa shape index (κ1) is 14.5. The average molecular weight is 324 g/mol. The molecule has 0 amide bonds. The molecular weight excluding hydrogens is 308 g/mol. The second-order valence-corrected chi connectivity index (χ2v) is 6.81. The summed E-state index contributed by atoms with van der Waals surface area (Å²) in [6.45, 7) is 3.63. The molecule has 0 N–H and O–H groups in total. The van der Waals surface area contributed by atoms with Crippen molar-refractivity contribution >= 4 is 44.0 Å². The van der Waals surface area contributed by atoms with Crippen LogP contribution in [0.15, 0.2) is 16.2 Å². The van der Waals surface area contributed by atoms with Crippen molar-refractivity contribution in [2.45, 2.75) is 19.8 Å². The predicted molar refractivity (Wildman–Crippen MR) is 85.3 cm³/mol. The number of fused-ring (bicyclic) bond motifs is 1. The Balaban J connectivity index is 1.84. The van der Waals surface area contributed by atoms with Crippen LogP contribution in [0.3, 0.4) is 0 Å². The van der Waals surface area contributed by atoms with E-state index in [-0.39, 0.29) is 16.6 Å². The van der Waals surface area contributed by atoms with Crippen LogP contribution in [0.2, 0.25) is 0 Å². The Morgan fingerprint density at radius 2 is 2.43 bits per heavy atom. The van der Waals surface area contributed by atoms with Crippen molar-refractivity contribution in [3.8, 4) is 0 Å². The van der Waals surface area contributed by atoms with Gasteiger partial charge in [0.2, 0.25) is 0 Å². The molecule has 112 valence electrons. The minimum Gasteiger partial charge on any atom is -0.466 e. The maximum absolute atomic E-state index is 12.1. The standard InChI is InChI=1S/C14H16N2O3S2/c1-2-19-12(17)9-4-3-6-16(8-9)14-15-10-5-7-20-11(10)13(18)21-14/h5,7,9H,2-4,6,8H2,1H3/t9-/m1/s1. The molecule has 0 saturated carbocycles. The summed E-state index contributed by atoms with van der Waals surface area (Å²) < 4.78 is 5.86. The fraction of sp³-hybridized carbons (Fsp3) is 0.500. The summed E-state index contributed by atoms with van der Waals surface area (Å²) in [7, 11) is 0. The highest BCUT2D eigenvalue weighted by Gasteiger charge is 2.28. The summed E-state index contributed by atoms with van der Waals surface area (Å²) in [4.78, 5) is 30.6. The molecule has 0 spiro atoms. The van der Waals surface area contributed by atoms with Crippen molar-refractivity contribution in [2.24, 2.45) is 5.92 Å². The van der Waals surface area contributed by atoms with E-state index in [1.54, 1.807) is 0 Å². The number of ether oxygens (including phenoxy) is 1. The molecule has 2 aromatic rings. The van der Waals surface area contributed by atoms with Crippen molar-refractivity contribution in [1.82, 2.24) is 4.98 Å². The molecule has 1 saturated heterocycles. The van der Waals surface area contributed by atoms with Crippen LogP contribution in [-0.2, 0) is 9.53 Å². The van der Waals surface area contributed by atoms with Crippen LogP contribution < -0.4 is 9.64 Å². The Bertz CT molecular complexity index is 710. The zero-order valence-corrected chi connectivity index (χ0v) is 13.3. The fourth-order valence-electron chi connectivity index (χ4n) is 2.54. The van der Waals surface area contributed by atoms with Crippen LogP contribution in [0.25, 0.3) is 10.2 Å². The van der Waals surface area contributed by atoms with E-state index < -0.39 is 0 Å². The second-order valence-electron chi connectivity index (χ2n) is 4.96. The third-order valence-corrected chi connectivity index (χ3v) is 5.49. The van der Waals surface area contributed by atoms with Gasteiger partial charge in [-0.1, -0.05) is 11.3 Å². The number of piperidine rings is 1. The Labute approximate surface area is 130 Å². The molecule has 0 bridgehead atoms. The van der Waals surface area contributed by atoms with E-state index in [2.05, 4.69) is 4.98 Å². The normalized spacial score (nSPS) is 18.9. The van der Waals surface area contributed by atoms with E-state index in [9.17, 15) is 9.59 Å². The van der Waals surface area contributed by atoms with Gasteiger partial charge in [0.1, 0.15) is 4.70 Å². The van der Waals surface area contributed by atoms with Crippen LogP contribution in [0.4, 0.5) is 5.13 Å². The van der Waals surface area contributed by atoms with Crippen molar-refractivity contribution in [3.05, 3.63) is 21.0 Å². The van der Waals surface area contributed by atoms with Gasteiger partial charge in [0.05, 0.1) is 18.0 Å². The molecule has 1 aliphatic rings. The second kappa shape index (κ2) is 6.11. The first-order valence-corrected chi connectivity index (χ1v) is 8.68. The summed E-state index contributed by atoms with van der Waals surface area (Å²) in [5, 5.41) is 2.59. The van der Waals surface area contributed by atoms with E-state index in [0.717, 1.165) is 36.2 Å². The number of esters is 1. The zero-order chi connectivity index (χ0) is 14.8. The van der Waals surface area contributed by atoms with Crippen molar-refractivity contribution in [1.29, 1.82) is 0 Å². The van der Waals surface area contributed by atoms with Gasteiger partial charge in [0, 0.05) is 13.1 Å². The van der Waals surface area contributed by atoms with Gasteiger partial charge in [-0.3, -0.25) is 9.59 Å². The fourth-order valence-corrected chi connectivity index (χ4v) is 4.27. The highest BCUT2D eigenvalue weighted by Crippen LogP contribution is 2.27. The smallest absolute Gasteiger partial charge is 0.310 e. The number of carbonyl (C=O) groups is 1. The van der Waals surface area contributed by atoms with Crippen molar-refractivity contribution in [3.63, 3.8) is 0 Å². The lowest BCUT2D eigenvalue weighted by Gasteiger charge is -2.31. The summed E-state index contributed by atoms with van der Waals surface area (Å²) >= 11 is 2.59. The Kier molecular flexibility index (Phi) is 4.21. The average Bonchev–Trinajstić information content (AvgIpc) is 2.96. The summed E-state index contributed by atoms with van der Waals surface area (Å²) in [5.41, 5.74) is 0.747. The number of carbonyl (C=O) groups excluding carboxylic acids is 1. The largest absolute Gasteiger partial charge is 0.466 e. The SMILES string of the molecule is CCOC(=O)[C@@H]1CCCN(c2nc3ccsc3c(=O)s2)C1. The quantitative estimate of drug-likeness (QED) is 0.812. The van der Waals surface area contributed by atoms with E-state index in [4.69, 9.17) is 4.74 Å². The Morgan fingerprint density at radius 1 is 1.57 bits per heavy atom. The van der Waals surface area contributed by atoms with Crippen LogP contribution in [0.5, 0.6) is 0 Å². The van der Waals surface area contributed by atoms with Gasteiger partial charge in [0.25, 0.3) is 4.74 Å². The van der Waals surface area contributed by atoms with E-state index >= 15 is 0 Å². The molecule has 0 unspecified atom stereocenters. The number of rotatable bonds is 3. The third-order valence-electron chi connectivity index (χ3n) is 3.54. The van der Waals surface area contributed by atoms with Gasteiger partial charge >= 0.3 is 5.97 Å². The molecule has 0 aliphatic carbocycles. The number of anilines is 1. The molecule has 0 aromatic carbocycles. The minimum atomic E-state index is -0.147. The summed E-state index contributed by atoms with van der Waals surface area (Å²) in [6.07, 6.45) is 1.75. The molecule has 0 radical (unpaired) electrons. The highest BCUT2D eigenvalue weighted by atomic mass is 32.1. The molecule has 1 fully saturated rings. The molecule has 1 atom stereocenters. The zero-order valence-electron chi connectivity index (χ0n) is 11.7. The van der Waals surface area contributed by atoms with Crippen LogP contribution in [0, 0.1) is 5.92 Å². The lowest BCUT2D eigenvalue weighted by Crippen LogP contribution is -2.39. The monoisotopic (exact) mass is 324 g/mol. The van der Waals surface area contributed by atoms with Crippen molar-refractivity contribution < 1.29 is 9.53 Å². The van der Waals surface area contributed by atoms with Crippen molar-refractivity contribution in [2.75, 3.05) is 24.6 Å². The van der Waals surface area contributed by atoms with Crippen LogP contribution in [0.1, 0.15) is 19.8 Å².